The van der Waals surface area contributed by atoms with Gasteiger partial charge in [0.05, 0.1) is 6.54 Å². The fourth-order valence-electron chi connectivity index (χ4n) is 11.9. The number of allylic oxidation sites excluding steroid dienone is 1. The molecule has 0 heterocycles. The second kappa shape index (κ2) is 17.8. The first-order valence-corrected chi connectivity index (χ1v) is 21.5. The lowest BCUT2D eigenvalue weighted by Gasteiger charge is -2.58. The molecule has 4 heteroatoms. The topological polar surface area (TPSA) is 32.8 Å². The maximum absolute atomic E-state index is 13.6. The molecule has 6 rings (SSSR count). The van der Waals surface area contributed by atoms with Crippen molar-refractivity contribution in [2.24, 2.45) is 46.3 Å². The van der Waals surface area contributed by atoms with Gasteiger partial charge < -0.3 is 4.74 Å². The van der Waals surface area contributed by atoms with Crippen LogP contribution in [0.25, 0.3) is 0 Å². The molecule has 8 atom stereocenters. The maximum Gasteiger partial charge on any atom is 0.320 e. The Balaban J connectivity index is 1.03. The average Bonchev–Trinajstić information content (AvgIpc) is 3.49. The fourth-order valence-corrected chi connectivity index (χ4v) is 11.9. The summed E-state index contributed by atoms with van der Waals surface area (Å²) in [7, 11) is 0. The van der Waals surface area contributed by atoms with E-state index in [1.54, 1.807) is 5.57 Å². The van der Waals surface area contributed by atoms with E-state index in [1.807, 2.05) is 0 Å². The molecule has 4 nitrogen and oxygen atoms in total. The lowest BCUT2D eigenvalue weighted by atomic mass is 9.47. The van der Waals surface area contributed by atoms with Crippen molar-refractivity contribution < 1.29 is 9.53 Å². The SMILES string of the molecule is CCN(CCCN(CC(=O)OC1CC[C@@]2(C)C(=CCC3C2CC[C@@]2(C)C3CC[C@@H]2[C@H](C)CCCC(C)C)C1)Cc1ccccc1)Cc1ccccc1. The molecule has 286 valence electrons. The molecule has 2 aromatic carbocycles. The molecule has 4 unspecified atom stereocenters. The molecule has 0 bridgehead atoms. The Labute approximate surface area is 318 Å². The highest BCUT2D eigenvalue weighted by Gasteiger charge is 2.59. The van der Waals surface area contributed by atoms with E-state index in [0.29, 0.717) is 12.0 Å². The summed E-state index contributed by atoms with van der Waals surface area (Å²) in [5.41, 5.74) is 5.01. The van der Waals surface area contributed by atoms with Crippen LogP contribution in [-0.2, 0) is 22.6 Å². The molecule has 3 saturated carbocycles. The predicted octanol–water partition coefficient (Wildman–Crippen LogP) is 11.4. The summed E-state index contributed by atoms with van der Waals surface area (Å²) in [5, 5.41) is 0. The molecule has 3 fully saturated rings. The van der Waals surface area contributed by atoms with Crippen LogP contribution in [-0.4, -0.2) is 48.1 Å². The lowest BCUT2D eigenvalue weighted by Crippen LogP contribution is -2.51. The summed E-state index contributed by atoms with van der Waals surface area (Å²) in [4.78, 5) is 18.4. The van der Waals surface area contributed by atoms with Crippen LogP contribution in [0.3, 0.4) is 0 Å². The molecule has 52 heavy (non-hydrogen) atoms. The summed E-state index contributed by atoms with van der Waals surface area (Å²) < 4.78 is 6.36. The molecule has 0 amide bonds. The number of carbonyl (C=O) groups is 1. The Morgan fingerprint density at radius 3 is 2.15 bits per heavy atom. The number of ether oxygens (including phenoxy) is 1. The zero-order valence-electron chi connectivity index (χ0n) is 33.8. The van der Waals surface area contributed by atoms with E-state index in [0.717, 1.165) is 87.5 Å². The van der Waals surface area contributed by atoms with Crippen molar-refractivity contribution in [3.63, 3.8) is 0 Å². The van der Waals surface area contributed by atoms with Gasteiger partial charge >= 0.3 is 5.97 Å². The van der Waals surface area contributed by atoms with Gasteiger partial charge in [-0.25, -0.2) is 0 Å². The Hall–Kier alpha value is -2.43. The van der Waals surface area contributed by atoms with E-state index in [1.165, 1.54) is 68.9 Å². The van der Waals surface area contributed by atoms with E-state index in [4.69, 9.17) is 4.74 Å². The zero-order chi connectivity index (χ0) is 36.7. The third-order valence-corrected chi connectivity index (χ3v) is 14.8. The number of esters is 1. The summed E-state index contributed by atoms with van der Waals surface area (Å²) in [6, 6.07) is 21.3. The van der Waals surface area contributed by atoms with Gasteiger partial charge in [-0.05, 0) is 122 Å². The molecule has 0 N–H and O–H groups in total. The molecule has 0 spiro atoms. The molecular weight excluding hydrogens is 637 g/mol. The first-order valence-electron chi connectivity index (χ1n) is 21.5. The molecular formula is C48H72N2O2. The number of hydrogen-bond donors (Lipinski definition) is 0. The number of hydrogen-bond acceptors (Lipinski definition) is 4. The number of benzene rings is 2. The molecule has 0 aromatic heterocycles. The van der Waals surface area contributed by atoms with Gasteiger partial charge in [-0.15, -0.1) is 0 Å². The fraction of sp³-hybridized carbons (Fsp3) is 0.688. The molecule has 2 aromatic rings. The van der Waals surface area contributed by atoms with Gasteiger partial charge in [0.1, 0.15) is 6.10 Å². The number of fused-ring (bicyclic) bond motifs is 5. The van der Waals surface area contributed by atoms with E-state index in [9.17, 15) is 4.79 Å². The smallest absolute Gasteiger partial charge is 0.320 e. The summed E-state index contributed by atoms with van der Waals surface area (Å²) in [6.07, 6.45) is 17.9. The Morgan fingerprint density at radius 2 is 1.48 bits per heavy atom. The van der Waals surface area contributed by atoms with Crippen molar-refractivity contribution in [2.75, 3.05) is 26.2 Å². The van der Waals surface area contributed by atoms with Gasteiger partial charge in [0.2, 0.25) is 0 Å². The second-order valence-electron chi connectivity index (χ2n) is 18.5. The molecule has 4 aliphatic rings. The van der Waals surface area contributed by atoms with Crippen molar-refractivity contribution >= 4 is 5.97 Å². The van der Waals surface area contributed by atoms with Crippen LogP contribution in [0.15, 0.2) is 72.3 Å². The van der Waals surface area contributed by atoms with Crippen molar-refractivity contribution in [1.29, 1.82) is 0 Å². The van der Waals surface area contributed by atoms with Crippen LogP contribution < -0.4 is 0 Å². The monoisotopic (exact) mass is 709 g/mol. The number of nitrogens with zero attached hydrogens (tertiary/aromatic N) is 2. The van der Waals surface area contributed by atoms with Gasteiger partial charge in [-0.2, -0.15) is 0 Å². The predicted molar refractivity (Wildman–Crippen MR) is 217 cm³/mol. The van der Waals surface area contributed by atoms with Crippen molar-refractivity contribution in [1.82, 2.24) is 9.80 Å². The van der Waals surface area contributed by atoms with Crippen molar-refractivity contribution in [3.05, 3.63) is 83.4 Å². The van der Waals surface area contributed by atoms with Crippen LogP contribution in [0.4, 0.5) is 0 Å². The van der Waals surface area contributed by atoms with Crippen LogP contribution in [0.2, 0.25) is 0 Å². The first kappa shape index (κ1) is 39.3. The third-order valence-electron chi connectivity index (χ3n) is 14.8. The van der Waals surface area contributed by atoms with Crippen molar-refractivity contribution in [2.45, 2.75) is 138 Å². The highest BCUT2D eigenvalue weighted by atomic mass is 16.5. The maximum atomic E-state index is 13.6. The van der Waals surface area contributed by atoms with Gasteiger partial charge in [0.15, 0.2) is 0 Å². The Kier molecular flexibility index (Phi) is 13.4. The van der Waals surface area contributed by atoms with E-state index < -0.39 is 0 Å². The molecule has 0 radical (unpaired) electrons. The van der Waals surface area contributed by atoms with Gasteiger partial charge in [0.25, 0.3) is 0 Å². The zero-order valence-corrected chi connectivity index (χ0v) is 33.8. The van der Waals surface area contributed by atoms with E-state index in [2.05, 4.69) is 118 Å². The summed E-state index contributed by atoms with van der Waals surface area (Å²) in [5.74, 6) is 5.04. The standard InChI is InChI=1S/C48H72N2O2/c1-7-49(33-38-18-10-8-11-19-38)30-15-31-50(34-39-20-12-9-13-21-39)35-46(51)52-41-26-28-47(5)40(32-41)22-23-42-44-25-24-43(37(4)17-14-16-36(2)3)48(44,6)29-27-45(42)47/h8-13,18-22,36-37,41-45H,7,14-17,23-35H2,1-6H3/t37-,41?,42?,43-,44?,45?,47+,48-/m1/s1. The van der Waals surface area contributed by atoms with Crippen molar-refractivity contribution in [3.8, 4) is 0 Å². The highest BCUT2D eigenvalue weighted by molar-refractivity contribution is 5.72. The average molecular weight is 709 g/mol. The highest BCUT2D eigenvalue weighted by Crippen LogP contribution is 2.67. The van der Waals surface area contributed by atoms with Crippen LogP contribution in [0.1, 0.15) is 130 Å². The van der Waals surface area contributed by atoms with Gasteiger partial charge in [-0.1, -0.05) is 133 Å². The van der Waals surface area contributed by atoms with Crippen LogP contribution >= 0.6 is 0 Å². The normalized spacial score (nSPS) is 30.5. The Morgan fingerprint density at radius 1 is 0.808 bits per heavy atom. The van der Waals surface area contributed by atoms with E-state index in [-0.39, 0.29) is 17.5 Å². The number of carbonyl (C=O) groups excluding carboxylic acids is 1. The van der Waals surface area contributed by atoms with Gasteiger partial charge in [0, 0.05) is 26.1 Å². The third kappa shape index (κ3) is 9.26. The minimum absolute atomic E-state index is 0.0137. The molecule has 0 aliphatic heterocycles. The summed E-state index contributed by atoms with van der Waals surface area (Å²) >= 11 is 0. The number of rotatable bonds is 17. The van der Waals surface area contributed by atoms with Crippen LogP contribution in [0, 0.1) is 46.3 Å². The summed E-state index contributed by atoms with van der Waals surface area (Å²) in [6.45, 7) is 19.9. The van der Waals surface area contributed by atoms with E-state index >= 15 is 0 Å². The van der Waals surface area contributed by atoms with Gasteiger partial charge in [-0.3, -0.25) is 14.6 Å². The largest absolute Gasteiger partial charge is 0.461 e. The molecule has 4 aliphatic carbocycles. The quantitative estimate of drug-likeness (QED) is 0.121. The van der Waals surface area contributed by atoms with Crippen LogP contribution in [0.5, 0.6) is 0 Å². The lowest BCUT2D eigenvalue weighted by molar-refractivity contribution is -0.153. The molecule has 0 saturated heterocycles. The minimum Gasteiger partial charge on any atom is -0.461 e. The first-order chi connectivity index (χ1) is 25.1. The minimum atomic E-state index is -0.0524. The Bertz CT molecular complexity index is 1440. The second-order valence-corrected chi connectivity index (χ2v) is 18.5.